The first kappa shape index (κ1) is 15.4. The average Bonchev–Trinajstić information content (AvgIpc) is 2.90. The quantitative estimate of drug-likeness (QED) is 0.843. The third kappa shape index (κ3) is 2.45. The van der Waals surface area contributed by atoms with E-state index in [4.69, 9.17) is 0 Å². The highest BCUT2D eigenvalue weighted by molar-refractivity contribution is 7.91. The van der Waals surface area contributed by atoms with Crippen LogP contribution in [0.25, 0.3) is 5.76 Å². The Balaban J connectivity index is 2.09. The molecule has 0 saturated heterocycles. The third-order valence-electron chi connectivity index (χ3n) is 3.18. The van der Waals surface area contributed by atoms with Crippen LogP contribution in [0.2, 0.25) is 0 Å². The molecule has 3 heterocycles. The van der Waals surface area contributed by atoms with Crippen molar-refractivity contribution in [1.29, 1.82) is 0 Å². The molecule has 1 aliphatic heterocycles. The van der Waals surface area contributed by atoms with Gasteiger partial charge in [0.25, 0.3) is 15.9 Å². The molecule has 0 unspecified atom stereocenters. The summed E-state index contributed by atoms with van der Waals surface area (Å²) < 4.78 is 25.6. The fraction of sp³-hybridized carbons (Fsp3) is 0.154. The largest absolute Gasteiger partial charge is 0.504 e. The maximum absolute atomic E-state index is 12.5. The van der Waals surface area contributed by atoms with E-state index in [0.29, 0.717) is 5.01 Å². The van der Waals surface area contributed by atoms with Crippen LogP contribution in [0, 0.1) is 6.92 Å². The number of amides is 1. The number of nitrogens with one attached hydrogen (secondary N) is 1. The normalized spacial score (nSPS) is 16.2. The number of carbonyl (C=O) groups is 1. The number of rotatable bonds is 2. The number of aliphatic hydroxyl groups excluding tert-OH is 1. The van der Waals surface area contributed by atoms with E-state index < -0.39 is 27.4 Å². The summed E-state index contributed by atoms with van der Waals surface area (Å²) in [7, 11) is -2.72. The highest BCUT2D eigenvalue weighted by Gasteiger charge is 2.40. The van der Waals surface area contributed by atoms with Crippen LogP contribution < -0.4 is 5.32 Å². The second-order valence-electron chi connectivity index (χ2n) is 4.71. The molecule has 3 rings (SSSR count). The van der Waals surface area contributed by atoms with Gasteiger partial charge in [0, 0.05) is 13.2 Å². The van der Waals surface area contributed by atoms with Crippen LogP contribution in [0.1, 0.15) is 10.7 Å². The lowest BCUT2D eigenvalue weighted by molar-refractivity contribution is -0.113. The van der Waals surface area contributed by atoms with Gasteiger partial charge in [0.15, 0.2) is 15.7 Å². The molecule has 2 aromatic rings. The number of hydrogen-bond acceptors (Lipinski definition) is 7. The predicted octanol–water partition coefficient (Wildman–Crippen LogP) is 1.35. The van der Waals surface area contributed by atoms with Gasteiger partial charge in [-0.25, -0.2) is 18.4 Å². The molecule has 8 nitrogen and oxygen atoms in total. The van der Waals surface area contributed by atoms with Gasteiger partial charge in [-0.05, 0) is 19.1 Å². The molecule has 0 bridgehead atoms. The van der Waals surface area contributed by atoms with Gasteiger partial charge in [0.1, 0.15) is 11.5 Å². The maximum Gasteiger partial charge on any atom is 0.278 e. The molecule has 0 aromatic carbocycles. The van der Waals surface area contributed by atoms with Crippen molar-refractivity contribution in [3.63, 3.8) is 0 Å². The van der Waals surface area contributed by atoms with E-state index in [-0.39, 0.29) is 15.7 Å². The molecule has 0 aliphatic carbocycles. The molecular weight excluding hydrogens is 340 g/mol. The Bertz CT molecular complexity index is 919. The van der Waals surface area contributed by atoms with E-state index in [0.717, 1.165) is 15.6 Å². The van der Waals surface area contributed by atoms with Crippen molar-refractivity contribution in [1.82, 2.24) is 14.3 Å². The van der Waals surface area contributed by atoms with Crippen molar-refractivity contribution in [2.24, 2.45) is 0 Å². The fourth-order valence-corrected chi connectivity index (χ4v) is 4.91. The van der Waals surface area contributed by atoms with Gasteiger partial charge in [-0.1, -0.05) is 6.07 Å². The van der Waals surface area contributed by atoms with Gasteiger partial charge < -0.3 is 10.4 Å². The summed E-state index contributed by atoms with van der Waals surface area (Å²) in [6.45, 7) is 1.62. The van der Waals surface area contributed by atoms with E-state index in [9.17, 15) is 18.3 Å². The Kier molecular flexibility index (Phi) is 3.57. The van der Waals surface area contributed by atoms with Crippen molar-refractivity contribution >= 4 is 38.8 Å². The minimum atomic E-state index is -3.93. The lowest BCUT2D eigenvalue weighted by Gasteiger charge is -2.25. The lowest BCUT2D eigenvalue weighted by atomic mass is 10.2. The van der Waals surface area contributed by atoms with Crippen molar-refractivity contribution in [3.05, 3.63) is 40.8 Å². The number of aryl methyl sites for hydroxylation is 1. The summed E-state index contributed by atoms with van der Waals surface area (Å²) in [6.07, 6.45) is 1.48. The van der Waals surface area contributed by atoms with E-state index in [2.05, 4.69) is 15.3 Å². The number of hydrogen-bond donors (Lipinski definition) is 2. The average molecular weight is 352 g/mol. The molecule has 2 aromatic heterocycles. The van der Waals surface area contributed by atoms with E-state index in [1.807, 2.05) is 0 Å². The molecule has 120 valence electrons. The number of carbonyl (C=O) groups excluding carboxylic acids is 1. The Morgan fingerprint density at radius 2 is 2.13 bits per heavy atom. The summed E-state index contributed by atoms with van der Waals surface area (Å²) in [4.78, 5) is 20.3. The molecule has 0 radical (unpaired) electrons. The molecule has 0 atom stereocenters. The number of aromatic nitrogens is 2. The minimum absolute atomic E-state index is 0.0793. The number of thiazole rings is 1. The summed E-state index contributed by atoms with van der Waals surface area (Å²) in [5.41, 5.74) is -0.495. The van der Waals surface area contributed by atoms with Crippen LogP contribution in [0.15, 0.2) is 34.3 Å². The number of fused-ring (bicyclic) bond motifs is 1. The van der Waals surface area contributed by atoms with Crippen LogP contribution in [0.5, 0.6) is 0 Å². The minimum Gasteiger partial charge on any atom is -0.504 e. The predicted molar refractivity (Wildman–Crippen MR) is 84.2 cm³/mol. The van der Waals surface area contributed by atoms with Gasteiger partial charge in [-0.2, -0.15) is 0 Å². The lowest BCUT2D eigenvalue weighted by Crippen LogP contribution is -2.36. The van der Waals surface area contributed by atoms with Crippen LogP contribution in [0.3, 0.4) is 0 Å². The fourth-order valence-electron chi connectivity index (χ4n) is 2.10. The standard InChI is InChI=1S/C13H12N4O4S2/c1-7-15-9-11(18)10(17(2)23(20,21)13(9)22-7)12(19)16-8-5-3-4-6-14-8/h3-6,18H,1-2H3,(H,14,16,19). The van der Waals surface area contributed by atoms with Crippen molar-refractivity contribution in [2.45, 2.75) is 11.1 Å². The van der Waals surface area contributed by atoms with Crippen molar-refractivity contribution < 1.29 is 18.3 Å². The number of aliphatic hydroxyl groups is 1. The van der Waals surface area contributed by atoms with E-state index in [1.165, 1.54) is 13.2 Å². The second kappa shape index (κ2) is 5.32. The van der Waals surface area contributed by atoms with Crippen molar-refractivity contribution in [3.8, 4) is 0 Å². The number of pyridine rings is 1. The van der Waals surface area contributed by atoms with Gasteiger partial charge in [0.2, 0.25) is 0 Å². The number of sulfonamides is 1. The number of nitrogens with zero attached hydrogens (tertiary/aromatic N) is 3. The topological polar surface area (TPSA) is 112 Å². The Labute approximate surface area is 136 Å². The van der Waals surface area contributed by atoms with Gasteiger partial charge in [0.05, 0.1) is 5.01 Å². The smallest absolute Gasteiger partial charge is 0.278 e. The number of likely N-dealkylation sites (N-methyl/N-ethyl adjacent to an activating group) is 1. The summed E-state index contributed by atoms with van der Waals surface area (Å²) in [6, 6.07) is 4.89. The number of anilines is 1. The highest BCUT2D eigenvalue weighted by atomic mass is 32.2. The first-order valence-corrected chi connectivity index (χ1v) is 8.70. The zero-order valence-corrected chi connectivity index (χ0v) is 13.8. The molecule has 0 saturated carbocycles. The van der Waals surface area contributed by atoms with Crippen LogP contribution in [-0.4, -0.2) is 40.8 Å². The Morgan fingerprint density at radius 3 is 2.78 bits per heavy atom. The first-order valence-electron chi connectivity index (χ1n) is 6.44. The second-order valence-corrected chi connectivity index (χ2v) is 8.08. The maximum atomic E-state index is 12.5. The SMILES string of the molecule is Cc1nc2c(s1)S(=O)(=O)N(C)C(C(=O)Nc1ccccn1)=C2O. The third-order valence-corrected chi connectivity index (χ3v) is 6.40. The zero-order valence-electron chi connectivity index (χ0n) is 12.1. The van der Waals surface area contributed by atoms with Gasteiger partial charge in [-0.3, -0.25) is 9.10 Å². The zero-order chi connectivity index (χ0) is 16.8. The molecule has 0 spiro atoms. The van der Waals surface area contributed by atoms with E-state index in [1.54, 1.807) is 25.1 Å². The molecule has 23 heavy (non-hydrogen) atoms. The Morgan fingerprint density at radius 1 is 1.39 bits per heavy atom. The molecule has 1 aliphatic rings. The van der Waals surface area contributed by atoms with Crippen LogP contribution in [0.4, 0.5) is 5.82 Å². The Hall–Kier alpha value is -2.46. The molecule has 0 fully saturated rings. The summed E-state index contributed by atoms with van der Waals surface area (Å²) >= 11 is 0.943. The molecule has 10 heteroatoms. The van der Waals surface area contributed by atoms with Gasteiger partial charge >= 0.3 is 0 Å². The first-order chi connectivity index (χ1) is 10.8. The monoisotopic (exact) mass is 352 g/mol. The van der Waals surface area contributed by atoms with Crippen molar-refractivity contribution in [2.75, 3.05) is 12.4 Å². The molecule has 1 amide bonds. The summed E-state index contributed by atoms with van der Waals surface area (Å²) in [5, 5.41) is 13.2. The van der Waals surface area contributed by atoms with Crippen LogP contribution >= 0.6 is 11.3 Å². The molecular formula is C13H12N4O4S2. The summed E-state index contributed by atoms with van der Waals surface area (Å²) in [5.74, 6) is -1.03. The van der Waals surface area contributed by atoms with E-state index >= 15 is 0 Å². The molecule has 2 N–H and O–H groups in total. The van der Waals surface area contributed by atoms with Crippen LogP contribution in [-0.2, 0) is 14.8 Å². The van der Waals surface area contributed by atoms with Gasteiger partial charge in [-0.15, -0.1) is 11.3 Å². The highest BCUT2D eigenvalue weighted by Crippen LogP contribution is 2.37.